The van der Waals surface area contributed by atoms with E-state index in [0.29, 0.717) is 13.1 Å². The molecule has 0 aliphatic heterocycles. The van der Waals surface area contributed by atoms with Crippen molar-refractivity contribution in [2.45, 2.75) is 58.0 Å². The van der Waals surface area contributed by atoms with Crippen molar-refractivity contribution in [1.82, 2.24) is 21.3 Å². The Morgan fingerprint density at radius 2 is 1.32 bits per heavy atom. The van der Waals surface area contributed by atoms with Gasteiger partial charge in [-0.15, -0.1) is 0 Å². The number of carboxylic acid groups (broad SMARTS) is 2. The van der Waals surface area contributed by atoms with E-state index < -0.39 is 35.8 Å². The second-order valence-electron chi connectivity index (χ2n) is 6.03. The van der Waals surface area contributed by atoms with Crippen LogP contribution in [0.3, 0.4) is 0 Å². The van der Waals surface area contributed by atoms with Crippen LogP contribution in [0.2, 0.25) is 0 Å². The van der Waals surface area contributed by atoms with Crippen LogP contribution in [0.4, 0.5) is 0 Å². The van der Waals surface area contributed by atoms with E-state index in [1.807, 2.05) is 0 Å². The quantitative estimate of drug-likeness (QED) is 0.198. The third-order valence-corrected chi connectivity index (χ3v) is 3.72. The number of hydrogen-bond acceptors (Lipinski definition) is 6. The summed E-state index contributed by atoms with van der Waals surface area (Å²) in [6.07, 6.45) is -0.623. The molecule has 0 aliphatic rings. The predicted molar refractivity (Wildman–Crippen MR) is 99.4 cm³/mol. The Hall–Kier alpha value is -2.69. The van der Waals surface area contributed by atoms with Crippen LogP contribution in [0.1, 0.15) is 46.0 Å². The molecule has 11 heteroatoms. The van der Waals surface area contributed by atoms with Crippen LogP contribution >= 0.6 is 0 Å². The smallest absolute Gasteiger partial charge is 0.303 e. The SMILES string of the molecule is CCNC(=O)CCNC(=O)C(CCC(=O)O)NC(=O)C(CCC(=O)O)NCC. The molecule has 0 radical (unpaired) electrons. The second kappa shape index (κ2) is 14.4. The van der Waals surface area contributed by atoms with Crippen LogP contribution in [0.15, 0.2) is 0 Å². The standard InChI is InChI=1S/C17H30N4O7/c1-3-18-11(5-7-14(23)24)17(28)21-12(6-8-15(25)26)16(27)20-10-9-13(22)19-4-2/h11-12,18H,3-10H2,1-2H3,(H,19,22)(H,20,27)(H,21,28)(H,23,24)(H,25,26). The fraction of sp³-hybridized carbons (Fsp3) is 0.706. The Morgan fingerprint density at radius 1 is 0.750 bits per heavy atom. The van der Waals surface area contributed by atoms with Crippen LogP contribution in [0.25, 0.3) is 0 Å². The lowest BCUT2D eigenvalue weighted by molar-refractivity contribution is -0.139. The zero-order valence-electron chi connectivity index (χ0n) is 16.2. The van der Waals surface area contributed by atoms with Crippen molar-refractivity contribution in [1.29, 1.82) is 0 Å². The molecule has 0 bridgehead atoms. The number of aliphatic carboxylic acids is 2. The maximum atomic E-state index is 12.4. The van der Waals surface area contributed by atoms with Crippen LogP contribution < -0.4 is 21.3 Å². The first-order valence-electron chi connectivity index (χ1n) is 9.22. The monoisotopic (exact) mass is 402 g/mol. The van der Waals surface area contributed by atoms with Crippen molar-refractivity contribution in [2.24, 2.45) is 0 Å². The molecule has 0 aromatic heterocycles. The first kappa shape index (κ1) is 25.3. The number of carbonyl (C=O) groups is 5. The lowest BCUT2D eigenvalue weighted by Gasteiger charge is -2.22. The molecular formula is C17H30N4O7. The third-order valence-electron chi connectivity index (χ3n) is 3.72. The minimum absolute atomic E-state index is 0.0272. The van der Waals surface area contributed by atoms with Crippen molar-refractivity contribution in [2.75, 3.05) is 19.6 Å². The van der Waals surface area contributed by atoms with E-state index in [2.05, 4.69) is 21.3 Å². The summed E-state index contributed by atoms with van der Waals surface area (Å²) in [5, 5.41) is 28.0. The highest BCUT2D eigenvalue weighted by atomic mass is 16.4. The fourth-order valence-electron chi connectivity index (χ4n) is 2.36. The third kappa shape index (κ3) is 11.8. The van der Waals surface area contributed by atoms with Crippen molar-refractivity contribution in [3.8, 4) is 0 Å². The van der Waals surface area contributed by atoms with Crippen LogP contribution in [0.5, 0.6) is 0 Å². The minimum Gasteiger partial charge on any atom is -0.481 e. The molecule has 28 heavy (non-hydrogen) atoms. The van der Waals surface area contributed by atoms with Gasteiger partial charge in [-0.2, -0.15) is 0 Å². The largest absolute Gasteiger partial charge is 0.481 e. The average Bonchev–Trinajstić information content (AvgIpc) is 2.61. The number of rotatable bonds is 15. The number of hydrogen-bond donors (Lipinski definition) is 6. The summed E-state index contributed by atoms with van der Waals surface area (Å²) in [5.41, 5.74) is 0. The highest BCUT2D eigenvalue weighted by Gasteiger charge is 2.26. The molecule has 0 saturated carbocycles. The Labute approximate surface area is 163 Å². The molecule has 0 heterocycles. The van der Waals surface area contributed by atoms with Crippen molar-refractivity contribution in [3.05, 3.63) is 0 Å². The van der Waals surface area contributed by atoms with E-state index >= 15 is 0 Å². The van der Waals surface area contributed by atoms with Gasteiger partial charge in [-0.1, -0.05) is 6.92 Å². The lowest BCUT2D eigenvalue weighted by atomic mass is 10.1. The summed E-state index contributed by atoms with van der Waals surface area (Å²) >= 11 is 0. The molecule has 0 fully saturated rings. The van der Waals surface area contributed by atoms with Crippen molar-refractivity contribution >= 4 is 29.7 Å². The van der Waals surface area contributed by atoms with Gasteiger partial charge < -0.3 is 31.5 Å². The highest BCUT2D eigenvalue weighted by Crippen LogP contribution is 2.03. The summed E-state index contributed by atoms with van der Waals surface area (Å²) in [7, 11) is 0. The van der Waals surface area contributed by atoms with Gasteiger partial charge in [-0.05, 0) is 26.3 Å². The number of amides is 3. The van der Waals surface area contributed by atoms with Gasteiger partial charge in [0.25, 0.3) is 0 Å². The summed E-state index contributed by atoms with van der Waals surface area (Å²) in [4.78, 5) is 57.7. The minimum atomic E-state index is -1.12. The van der Waals surface area contributed by atoms with Gasteiger partial charge in [0, 0.05) is 32.4 Å². The highest BCUT2D eigenvalue weighted by molar-refractivity contribution is 5.90. The van der Waals surface area contributed by atoms with Gasteiger partial charge in [0.1, 0.15) is 6.04 Å². The average molecular weight is 402 g/mol. The molecule has 2 atom stereocenters. The number of nitrogens with one attached hydrogen (secondary N) is 4. The lowest BCUT2D eigenvalue weighted by Crippen LogP contribution is -2.53. The molecule has 0 aliphatic carbocycles. The van der Waals surface area contributed by atoms with Gasteiger partial charge in [0.05, 0.1) is 6.04 Å². The van der Waals surface area contributed by atoms with Gasteiger partial charge in [-0.25, -0.2) is 0 Å². The first-order valence-corrected chi connectivity index (χ1v) is 9.22. The molecule has 0 spiro atoms. The molecule has 0 saturated heterocycles. The van der Waals surface area contributed by atoms with Crippen LogP contribution in [-0.2, 0) is 24.0 Å². The van der Waals surface area contributed by atoms with Gasteiger partial charge in [0.15, 0.2) is 0 Å². The Morgan fingerprint density at radius 3 is 1.82 bits per heavy atom. The van der Waals surface area contributed by atoms with E-state index in [-0.39, 0.29) is 44.6 Å². The second-order valence-corrected chi connectivity index (χ2v) is 6.03. The molecule has 0 aromatic rings. The molecule has 160 valence electrons. The Balaban J connectivity index is 4.87. The molecule has 6 N–H and O–H groups in total. The molecule has 2 unspecified atom stereocenters. The summed E-state index contributed by atoms with van der Waals surface area (Å²) < 4.78 is 0. The summed E-state index contributed by atoms with van der Waals surface area (Å²) in [6.45, 7) is 4.43. The van der Waals surface area contributed by atoms with Crippen LogP contribution in [-0.4, -0.2) is 71.6 Å². The molecule has 11 nitrogen and oxygen atoms in total. The molecule has 0 aromatic carbocycles. The predicted octanol–water partition coefficient (Wildman–Crippen LogP) is -1.18. The number of carboxylic acids is 2. The summed E-state index contributed by atoms with van der Waals surface area (Å²) in [6, 6.07) is -1.93. The van der Waals surface area contributed by atoms with E-state index in [4.69, 9.17) is 10.2 Å². The van der Waals surface area contributed by atoms with Gasteiger partial charge >= 0.3 is 11.9 Å². The normalized spacial score (nSPS) is 12.5. The fourth-order valence-corrected chi connectivity index (χ4v) is 2.36. The molecule has 0 rings (SSSR count). The van der Waals surface area contributed by atoms with Gasteiger partial charge in [0.2, 0.25) is 17.7 Å². The number of carbonyl (C=O) groups excluding carboxylic acids is 3. The van der Waals surface area contributed by atoms with E-state index in [0.717, 1.165) is 0 Å². The zero-order chi connectivity index (χ0) is 21.5. The molecular weight excluding hydrogens is 372 g/mol. The first-order chi connectivity index (χ1) is 13.2. The summed E-state index contributed by atoms with van der Waals surface area (Å²) in [5.74, 6) is -3.61. The van der Waals surface area contributed by atoms with Crippen LogP contribution in [0, 0.1) is 0 Å². The Kier molecular flexibility index (Phi) is 13.0. The maximum Gasteiger partial charge on any atom is 0.303 e. The van der Waals surface area contributed by atoms with E-state index in [1.54, 1.807) is 13.8 Å². The molecule has 3 amide bonds. The van der Waals surface area contributed by atoms with Gasteiger partial charge in [-0.3, -0.25) is 24.0 Å². The van der Waals surface area contributed by atoms with E-state index in [1.165, 1.54) is 0 Å². The zero-order valence-corrected chi connectivity index (χ0v) is 16.2. The topological polar surface area (TPSA) is 174 Å². The van der Waals surface area contributed by atoms with Crippen molar-refractivity contribution < 1.29 is 34.2 Å². The Bertz CT molecular complexity index is 554. The van der Waals surface area contributed by atoms with Crippen molar-refractivity contribution in [3.63, 3.8) is 0 Å². The maximum absolute atomic E-state index is 12.4. The van der Waals surface area contributed by atoms with E-state index in [9.17, 15) is 24.0 Å². The number of likely N-dealkylation sites (N-methyl/N-ethyl adjacent to an activating group) is 1.